The Labute approximate surface area is 190 Å². The van der Waals surface area contributed by atoms with Gasteiger partial charge in [-0.1, -0.05) is 37.1 Å². The minimum Gasteiger partial charge on any atom is -0.478 e. The molecule has 5 rings (SSSR count). The second-order valence-electron chi connectivity index (χ2n) is 9.70. The van der Waals surface area contributed by atoms with Crippen LogP contribution < -0.4 is 0 Å². The van der Waals surface area contributed by atoms with Gasteiger partial charge in [-0.05, 0) is 62.2 Å². The van der Waals surface area contributed by atoms with E-state index < -0.39 is 5.97 Å². The third-order valence-corrected chi connectivity index (χ3v) is 7.28. The first kappa shape index (κ1) is 21.2. The molecule has 0 saturated heterocycles. The van der Waals surface area contributed by atoms with Crippen molar-refractivity contribution in [1.82, 2.24) is 14.4 Å². The Morgan fingerprint density at radius 3 is 2.66 bits per heavy atom. The maximum atomic E-state index is 11.7. The number of fused-ring (bicyclic) bond motifs is 5. The zero-order chi connectivity index (χ0) is 22.2. The highest BCUT2D eigenvalue weighted by Crippen LogP contribution is 2.43. The molecule has 0 bridgehead atoms. The number of carboxylic acids is 1. The maximum absolute atomic E-state index is 11.7. The molecule has 0 amide bonds. The molecule has 0 spiro atoms. The second-order valence-corrected chi connectivity index (χ2v) is 9.70. The number of rotatable bonds is 5. The minimum absolute atomic E-state index is 0.356. The summed E-state index contributed by atoms with van der Waals surface area (Å²) in [5, 5.41) is 10.7. The molecule has 168 valence electrons. The summed E-state index contributed by atoms with van der Waals surface area (Å²) in [6.07, 6.45) is 5.16. The van der Waals surface area contributed by atoms with Crippen LogP contribution in [0.5, 0.6) is 0 Å². The smallest absolute Gasteiger partial charge is 0.335 e. The molecule has 2 aliphatic rings. The molecule has 0 atom stereocenters. The van der Waals surface area contributed by atoms with Crippen LogP contribution in [0, 0.1) is 0 Å². The first-order chi connectivity index (χ1) is 15.5. The van der Waals surface area contributed by atoms with Crippen LogP contribution in [0.15, 0.2) is 42.5 Å². The molecule has 1 aliphatic carbocycles. The van der Waals surface area contributed by atoms with Gasteiger partial charge in [0.2, 0.25) is 0 Å². The van der Waals surface area contributed by atoms with E-state index in [9.17, 15) is 9.90 Å². The molecule has 1 saturated carbocycles. The normalized spacial score (nSPS) is 17.3. The average molecular weight is 432 g/mol. The van der Waals surface area contributed by atoms with Gasteiger partial charge < -0.3 is 14.6 Å². The van der Waals surface area contributed by atoms with E-state index in [0.29, 0.717) is 11.5 Å². The van der Waals surface area contributed by atoms with Crippen molar-refractivity contribution in [3.63, 3.8) is 0 Å². The lowest BCUT2D eigenvalue weighted by Gasteiger charge is -2.30. The number of hydrogen-bond acceptors (Lipinski definition) is 3. The van der Waals surface area contributed by atoms with Crippen molar-refractivity contribution in [2.45, 2.75) is 44.7 Å². The van der Waals surface area contributed by atoms with Gasteiger partial charge in [-0.3, -0.25) is 4.90 Å². The van der Waals surface area contributed by atoms with E-state index in [1.807, 2.05) is 12.1 Å². The SMILES string of the molecule is CN(C)CCN1CCn2c(cc3ccc(C(=O)O)cc32)-c2c(cccc2C2CCCC2)C1. The topological polar surface area (TPSA) is 48.7 Å². The fourth-order valence-electron chi connectivity index (χ4n) is 5.57. The Morgan fingerprint density at radius 1 is 1.09 bits per heavy atom. The number of aromatic nitrogens is 1. The van der Waals surface area contributed by atoms with Gasteiger partial charge in [0.15, 0.2) is 0 Å². The predicted molar refractivity (Wildman–Crippen MR) is 129 cm³/mol. The van der Waals surface area contributed by atoms with Crippen LogP contribution in [0.4, 0.5) is 0 Å². The van der Waals surface area contributed by atoms with Crippen molar-refractivity contribution in [2.75, 3.05) is 33.7 Å². The number of benzene rings is 2. The van der Waals surface area contributed by atoms with Gasteiger partial charge in [-0.15, -0.1) is 0 Å². The van der Waals surface area contributed by atoms with Crippen molar-refractivity contribution in [2.24, 2.45) is 0 Å². The van der Waals surface area contributed by atoms with Crippen LogP contribution in [0.25, 0.3) is 22.2 Å². The molecule has 5 nitrogen and oxygen atoms in total. The number of carbonyl (C=O) groups is 1. The van der Waals surface area contributed by atoms with Crippen LogP contribution in [-0.2, 0) is 13.1 Å². The number of carboxylic acid groups (broad SMARTS) is 1. The van der Waals surface area contributed by atoms with Crippen molar-refractivity contribution in [3.05, 3.63) is 59.2 Å². The van der Waals surface area contributed by atoms with Gasteiger partial charge in [0.25, 0.3) is 0 Å². The fraction of sp³-hybridized carbons (Fsp3) is 0.444. The number of likely N-dealkylation sites (N-methyl/N-ethyl adjacent to an activating group) is 1. The van der Waals surface area contributed by atoms with Crippen LogP contribution >= 0.6 is 0 Å². The van der Waals surface area contributed by atoms with E-state index in [1.54, 1.807) is 6.07 Å². The molecule has 3 aromatic rings. The summed E-state index contributed by atoms with van der Waals surface area (Å²) in [7, 11) is 4.25. The van der Waals surface area contributed by atoms with E-state index >= 15 is 0 Å². The van der Waals surface area contributed by atoms with E-state index in [4.69, 9.17) is 0 Å². The number of nitrogens with zero attached hydrogens (tertiary/aromatic N) is 3. The Kier molecular flexibility index (Phi) is 5.78. The standard InChI is InChI=1S/C27H33N3O2/c1-28(2)12-13-29-14-15-30-24-17-21(27(31)32)11-10-20(24)16-25(30)26-22(18-29)8-5-9-23(26)19-6-3-4-7-19/h5,8-11,16-17,19H,3-4,6-7,12-15,18H2,1-2H3,(H,31,32). The third-order valence-electron chi connectivity index (χ3n) is 7.28. The lowest BCUT2D eigenvalue weighted by atomic mass is 9.88. The summed E-state index contributed by atoms with van der Waals surface area (Å²) in [6.45, 7) is 4.84. The van der Waals surface area contributed by atoms with E-state index in [-0.39, 0.29) is 0 Å². The molecule has 1 aliphatic heterocycles. The summed E-state index contributed by atoms with van der Waals surface area (Å²) in [6, 6.07) is 14.7. The highest BCUT2D eigenvalue weighted by atomic mass is 16.4. The van der Waals surface area contributed by atoms with Gasteiger partial charge in [0, 0.05) is 54.9 Å². The van der Waals surface area contributed by atoms with Crippen molar-refractivity contribution in [3.8, 4) is 11.3 Å². The summed E-state index contributed by atoms with van der Waals surface area (Å²) >= 11 is 0. The van der Waals surface area contributed by atoms with Gasteiger partial charge in [0.1, 0.15) is 0 Å². The monoisotopic (exact) mass is 431 g/mol. The largest absolute Gasteiger partial charge is 0.478 e. The molecular formula is C27H33N3O2. The van der Waals surface area contributed by atoms with E-state index in [2.05, 4.69) is 52.7 Å². The van der Waals surface area contributed by atoms with Crippen LogP contribution in [0.3, 0.4) is 0 Å². The van der Waals surface area contributed by atoms with E-state index in [1.165, 1.54) is 48.1 Å². The van der Waals surface area contributed by atoms with Gasteiger partial charge in [-0.2, -0.15) is 0 Å². The minimum atomic E-state index is -0.868. The summed E-state index contributed by atoms with van der Waals surface area (Å²) in [4.78, 5) is 16.5. The molecule has 32 heavy (non-hydrogen) atoms. The molecule has 0 radical (unpaired) electrons. The third kappa shape index (κ3) is 3.96. The van der Waals surface area contributed by atoms with Crippen molar-refractivity contribution in [1.29, 1.82) is 0 Å². The molecule has 1 fully saturated rings. The summed E-state index contributed by atoms with van der Waals surface area (Å²) in [5.41, 5.74) is 6.91. The van der Waals surface area contributed by atoms with Crippen LogP contribution in [-0.4, -0.2) is 59.2 Å². The van der Waals surface area contributed by atoms with Gasteiger partial charge in [-0.25, -0.2) is 4.79 Å². The molecule has 5 heteroatoms. The maximum Gasteiger partial charge on any atom is 0.335 e. The van der Waals surface area contributed by atoms with Crippen LogP contribution in [0.2, 0.25) is 0 Å². The molecule has 1 aromatic heterocycles. The zero-order valence-electron chi connectivity index (χ0n) is 19.2. The first-order valence-corrected chi connectivity index (χ1v) is 11.9. The van der Waals surface area contributed by atoms with Crippen molar-refractivity contribution >= 4 is 16.9 Å². The molecule has 2 heterocycles. The zero-order valence-corrected chi connectivity index (χ0v) is 19.2. The van der Waals surface area contributed by atoms with E-state index in [0.717, 1.165) is 43.6 Å². The number of aromatic carboxylic acids is 1. The average Bonchev–Trinajstić information content (AvgIpc) is 3.41. The first-order valence-electron chi connectivity index (χ1n) is 11.9. The molecule has 1 N–H and O–H groups in total. The highest BCUT2D eigenvalue weighted by Gasteiger charge is 2.27. The Bertz CT molecular complexity index is 1140. The summed E-state index contributed by atoms with van der Waals surface area (Å²) < 4.78 is 2.38. The lowest BCUT2D eigenvalue weighted by Crippen LogP contribution is -2.35. The second kappa shape index (κ2) is 8.72. The Morgan fingerprint density at radius 2 is 1.91 bits per heavy atom. The molecular weight excluding hydrogens is 398 g/mol. The van der Waals surface area contributed by atoms with Gasteiger partial charge in [0.05, 0.1) is 5.56 Å². The predicted octanol–water partition coefficient (Wildman–Crippen LogP) is 5.04. The molecule has 2 aromatic carbocycles. The van der Waals surface area contributed by atoms with Crippen LogP contribution in [0.1, 0.15) is 53.1 Å². The Hall–Kier alpha value is -2.63. The molecule has 0 unspecified atom stereocenters. The summed E-state index contributed by atoms with van der Waals surface area (Å²) in [5.74, 6) is -0.242. The Balaban J connectivity index is 1.68. The van der Waals surface area contributed by atoms with Gasteiger partial charge >= 0.3 is 5.97 Å². The van der Waals surface area contributed by atoms with Crippen molar-refractivity contribution < 1.29 is 9.90 Å². The number of hydrogen-bond donors (Lipinski definition) is 1. The highest BCUT2D eigenvalue weighted by molar-refractivity contribution is 5.96. The fourth-order valence-corrected chi connectivity index (χ4v) is 5.57. The quantitative estimate of drug-likeness (QED) is 0.615. The lowest BCUT2D eigenvalue weighted by molar-refractivity contribution is 0.0697.